The van der Waals surface area contributed by atoms with Gasteiger partial charge in [-0.2, -0.15) is 5.26 Å². The molecule has 1 unspecified atom stereocenters. The smallest absolute Gasteiger partial charge is 0.144 e. The van der Waals surface area contributed by atoms with Gasteiger partial charge in [-0.1, -0.05) is 6.07 Å². The lowest BCUT2D eigenvalue weighted by molar-refractivity contribution is 0.182. The molecular formula is C14H17FN2O. The molecule has 0 aliphatic carbocycles. The number of hydrogen-bond acceptors (Lipinski definition) is 3. The highest BCUT2D eigenvalue weighted by Gasteiger charge is 2.18. The van der Waals surface area contributed by atoms with Gasteiger partial charge in [0.2, 0.25) is 0 Å². The van der Waals surface area contributed by atoms with E-state index < -0.39 is 5.82 Å². The summed E-state index contributed by atoms with van der Waals surface area (Å²) in [5, 5.41) is 8.95. The summed E-state index contributed by atoms with van der Waals surface area (Å²) in [6.07, 6.45) is 3.01. The second-order valence-electron chi connectivity index (χ2n) is 4.70. The Hall–Kier alpha value is -1.60. The number of ether oxygens (including phenoxy) is 1. The summed E-state index contributed by atoms with van der Waals surface area (Å²) < 4.78 is 19.2. The molecule has 0 radical (unpaired) electrons. The summed E-state index contributed by atoms with van der Waals surface area (Å²) in [4.78, 5) is 2.26. The molecule has 3 nitrogen and oxygen atoms in total. The first-order chi connectivity index (χ1) is 8.70. The van der Waals surface area contributed by atoms with Crippen molar-refractivity contribution in [2.45, 2.75) is 25.4 Å². The van der Waals surface area contributed by atoms with E-state index in [2.05, 4.69) is 11.9 Å². The second-order valence-corrected chi connectivity index (χ2v) is 4.70. The van der Waals surface area contributed by atoms with Crippen LogP contribution in [-0.2, 0) is 0 Å². The molecule has 2 rings (SSSR count). The van der Waals surface area contributed by atoms with Crippen molar-refractivity contribution in [1.29, 1.82) is 5.26 Å². The van der Waals surface area contributed by atoms with E-state index in [1.54, 1.807) is 12.1 Å². The van der Waals surface area contributed by atoms with Crippen LogP contribution in [0.4, 0.5) is 4.39 Å². The topological polar surface area (TPSA) is 36.3 Å². The zero-order valence-corrected chi connectivity index (χ0v) is 10.5. The SMILES string of the molecule is CN1CCCC(Oc2cccc(F)c2C#N)CC1. The summed E-state index contributed by atoms with van der Waals surface area (Å²) >= 11 is 0. The number of halogens is 1. The third-order valence-corrected chi connectivity index (χ3v) is 3.28. The first-order valence-corrected chi connectivity index (χ1v) is 6.24. The molecule has 0 spiro atoms. The average Bonchev–Trinajstić information content (AvgIpc) is 2.55. The van der Waals surface area contributed by atoms with Crippen molar-refractivity contribution in [2.75, 3.05) is 20.1 Å². The lowest BCUT2D eigenvalue weighted by Crippen LogP contribution is -2.21. The molecule has 1 aliphatic heterocycles. The minimum absolute atomic E-state index is 0.00935. The van der Waals surface area contributed by atoms with Gasteiger partial charge in [-0.05, 0) is 45.0 Å². The molecule has 0 saturated carbocycles. The number of hydrogen-bond donors (Lipinski definition) is 0. The molecule has 1 saturated heterocycles. The summed E-state index contributed by atoms with van der Waals surface area (Å²) in [7, 11) is 2.09. The van der Waals surface area contributed by atoms with Crippen LogP contribution >= 0.6 is 0 Å². The minimum atomic E-state index is -0.513. The van der Waals surface area contributed by atoms with Crippen molar-refractivity contribution in [3.8, 4) is 11.8 Å². The maximum atomic E-state index is 13.4. The van der Waals surface area contributed by atoms with Crippen LogP contribution in [0.15, 0.2) is 18.2 Å². The van der Waals surface area contributed by atoms with Gasteiger partial charge in [-0.3, -0.25) is 0 Å². The van der Waals surface area contributed by atoms with E-state index >= 15 is 0 Å². The van der Waals surface area contributed by atoms with Crippen LogP contribution in [0.2, 0.25) is 0 Å². The van der Waals surface area contributed by atoms with Crippen molar-refractivity contribution in [1.82, 2.24) is 4.90 Å². The molecule has 96 valence electrons. The van der Waals surface area contributed by atoms with Crippen molar-refractivity contribution < 1.29 is 9.13 Å². The fourth-order valence-electron chi connectivity index (χ4n) is 2.22. The van der Waals surface area contributed by atoms with Gasteiger partial charge in [0.25, 0.3) is 0 Å². The lowest BCUT2D eigenvalue weighted by Gasteiger charge is -2.18. The van der Waals surface area contributed by atoms with E-state index in [4.69, 9.17) is 10.00 Å². The monoisotopic (exact) mass is 248 g/mol. The Balaban J connectivity index is 2.09. The van der Waals surface area contributed by atoms with E-state index in [0.717, 1.165) is 32.4 Å². The van der Waals surface area contributed by atoms with Gasteiger partial charge >= 0.3 is 0 Å². The van der Waals surface area contributed by atoms with Gasteiger partial charge in [-0.15, -0.1) is 0 Å². The maximum absolute atomic E-state index is 13.4. The van der Waals surface area contributed by atoms with Crippen LogP contribution in [0.25, 0.3) is 0 Å². The molecule has 1 aromatic rings. The molecule has 1 aliphatic rings. The largest absolute Gasteiger partial charge is 0.489 e. The van der Waals surface area contributed by atoms with Crippen molar-refractivity contribution >= 4 is 0 Å². The van der Waals surface area contributed by atoms with Crippen LogP contribution in [0, 0.1) is 17.1 Å². The predicted molar refractivity (Wildman–Crippen MR) is 66.9 cm³/mol. The molecule has 4 heteroatoms. The number of benzene rings is 1. The minimum Gasteiger partial charge on any atom is -0.489 e. The average molecular weight is 248 g/mol. The molecule has 1 atom stereocenters. The third kappa shape index (κ3) is 2.99. The van der Waals surface area contributed by atoms with Crippen LogP contribution in [0.5, 0.6) is 5.75 Å². The normalized spacial score (nSPS) is 21.1. The molecule has 1 heterocycles. The highest BCUT2D eigenvalue weighted by molar-refractivity contribution is 5.43. The number of nitriles is 1. The zero-order valence-electron chi connectivity index (χ0n) is 10.5. The zero-order chi connectivity index (χ0) is 13.0. The van der Waals surface area contributed by atoms with Gasteiger partial charge in [0.05, 0.1) is 0 Å². The van der Waals surface area contributed by atoms with Crippen LogP contribution in [0.3, 0.4) is 0 Å². The Labute approximate surface area is 107 Å². The number of rotatable bonds is 2. The Bertz CT molecular complexity index is 456. The van der Waals surface area contributed by atoms with E-state index in [-0.39, 0.29) is 11.7 Å². The van der Waals surface area contributed by atoms with Gasteiger partial charge in [0, 0.05) is 6.54 Å². The Morgan fingerprint density at radius 3 is 3.00 bits per heavy atom. The maximum Gasteiger partial charge on any atom is 0.144 e. The highest BCUT2D eigenvalue weighted by Crippen LogP contribution is 2.24. The highest BCUT2D eigenvalue weighted by atomic mass is 19.1. The van der Waals surface area contributed by atoms with E-state index in [1.807, 2.05) is 6.07 Å². The summed E-state index contributed by atoms with van der Waals surface area (Å²) in [5.74, 6) is -0.146. The molecule has 0 aromatic heterocycles. The number of nitrogens with zero attached hydrogens (tertiary/aromatic N) is 2. The van der Waals surface area contributed by atoms with Crippen LogP contribution in [0.1, 0.15) is 24.8 Å². The molecule has 1 aromatic carbocycles. The Morgan fingerprint density at radius 2 is 2.22 bits per heavy atom. The van der Waals surface area contributed by atoms with Gasteiger partial charge in [0.1, 0.15) is 29.3 Å². The fraction of sp³-hybridized carbons (Fsp3) is 0.500. The molecule has 18 heavy (non-hydrogen) atoms. The Morgan fingerprint density at radius 1 is 1.39 bits per heavy atom. The van der Waals surface area contributed by atoms with Gasteiger partial charge in [0.15, 0.2) is 0 Å². The molecule has 1 fully saturated rings. The Kier molecular flexibility index (Phi) is 4.16. The summed E-state index contributed by atoms with van der Waals surface area (Å²) in [6, 6.07) is 6.39. The second kappa shape index (κ2) is 5.83. The van der Waals surface area contributed by atoms with Gasteiger partial charge < -0.3 is 9.64 Å². The van der Waals surface area contributed by atoms with Crippen molar-refractivity contribution in [3.63, 3.8) is 0 Å². The fourth-order valence-corrected chi connectivity index (χ4v) is 2.22. The summed E-state index contributed by atoms with van der Waals surface area (Å²) in [6.45, 7) is 2.04. The first-order valence-electron chi connectivity index (χ1n) is 6.24. The molecular weight excluding hydrogens is 231 g/mol. The molecule has 0 amide bonds. The van der Waals surface area contributed by atoms with Crippen LogP contribution in [-0.4, -0.2) is 31.1 Å². The van der Waals surface area contributed by atoms with Crippen LogP contribution < -0.4 is 4.74 Å². The van der Waals surface area contributed by atoms with Gasteiger partial charge in [-0.25, -0.2) is 4.39 Å². The third-order valence-electron chi connectivity index (χ3n) is 3.28. The standard InChI is InChI=1S/C14H17FN2O/c1-17-8-3-4-11(7-9-17)18-14-6-2-5-13(15)12(14)10-16/h2,5-6,11H,3-4,7-9H2,1H3. The number of likely N-dealkylation sites (tertiary alicyclic amines) is 1. The predicted octanol–water partition coefficient (Wildman–Crippen LogP) is 2.56. The first kappa shape index (κ1) is 12.8. The van der Waals surface area contributed by atoms with E-state index in [0.29, 0.717) is 5.75 Å². The van der Waals surface area contributed by atoms with Crippen molar-refractivity contribution in [2.24, 2.45) is 0 Å². The lowest BCUT2D eigenvalue weighted by atomic mass is 10.1. The summed E-state index contributed by atoms with van der Waals surface area (Å²) in [5.41, 5.74) is 0.00935. The van der Waals surface area contributed by atoms with Crippen molar-refractivity contribution in [3.05, 3.63) is 29.6 Å². The van der Waals surface area contributed by atoms with E-state index in [9.17, 15) is 4.39 Å². The van der Waals surface area contributed by atoms with E-state index in [1.165, 1.54) is 6.07 Å². The molecule has 0 bridgehead atoms. The molecule has 0 N–H and O–H groups in total. The quantitative estimate of drug-likeness (QED) is 0.807.